The van der Waals surface area contributed by atoms with Crippen LogP contribution in [-0.2, 0) is 11.2 Å². The molecule has 0 bridgehead atoms. The second-order valence-corrected chi connectivity index (χ2v) is 4.47. The van der Waals surface area contributed by atoms with E-state index in [1.54, 1.807) is 0 Å². The predicted molar refractivity (Wildman–Crippen MR) is 74.0 cm³/mol. The van der Waals surface area contributed by atoms with E-state index >= 15 is 0 Å². The monoisotopic (exact) mass is 233 g/mol. The van der Waals surface area contributed by atoms with Crippen molar-refractivity contribution >= 4 is 0 Å². The highest BCUT2D eigenvalue weighted by Gasteiger charge is 1.93. The van der Waals surface area contributed by atoms with Crippen molar-refractivity contribution in [1.82, 2.24) is 0 Å². The Balaban J connectivity index is 1.85. The zero-order chi connectivity index (χ0) is 12.2. The van der Waals surface area contributed by atoms with Crippen LogP contribution in [0.4, 0.5) is 0 Å². The van der Waals surface area contributed by atoms with Crippen molar-refractivity contribution in [3.05, 3.63) is 42.8 Å². The van der Waals surface area contributed by atoms with Crippen LogP contribution in [0.15, 0.2) is 30.3 Å². The Morgan fingerprint density at radius 2 is 1.53 bits per heavy atom. The Bertz CT molecular complexity index is 255. The lowest BCUT2D eigenvalue weighted by molar-refractivity contribution is 0.126. The molecule has 1 nitrogen and oxygen atoms in total. The Kier molecular flexibility index (Phi) is 8.66. The molecule has 0 fully saturated rings. The first kappa shape index (κ1) is 14.2. The Labute approximate surface area is 106 Å². The largest absolute Gasteiger partial charge is 0.381 e. The van der Waals surface area contributed by atoms with Gasteiger partial charge in [-0.3, -0.25) is 0 Å². The standard InChI is InChI=1S/C16H25O/c1-2-3-9-14-17-15-10-5-8-13-16-11-6-4-7-12-16/h4,6-7,11-12H,1-3,5,8-10,13-15H2. The first-order chi connectivity index (χ1) is 8.43. The minimum atomic E-state index is 0.911. The summed E-state index contributed by atoms with van der Waals surface area (Å²) in [7, 11) is 0. The van der Waals surface area contributed by atoms with Gasteiger partial charge < -0.3 is 4.74 Å². The number of ether oxygens (including phenoxy) is 1. The molecule has 0 aliphatic carbocycles. The number of aryl methyl sites for hydroxylation is 1. The van der Waals surface area contributed by atoms with Gasteiger partial charge in [-0.2, -0.15) is 0 Å². The third-order valence-corrected chi connectivity index (χ3v) is 2.89. The summed E-state index contributed by atoms with van der Waals surface area (Å²) in [5.74, 6) is 0. The van der Waals surface area contributed by atoms with E-state index in [0.29, 0.717) is 0 Å². The first-order valence-corrected chi connectivity index (χ1v) is 6.84. The molecule has 1 aromatic carbocycles. The van der Waals surface area contributed by atoms with Crippen LogP contribution in [-0.4, -0.2) is 13.2 Å². The fraction of sp³-hybridized carbons (Fsp3) is 0.562. The van der Waals surface area contributed by atoms with Gasteiger partial charge in [0.25, 0.3) is 0 Å². The topological polar surface area (TPSA) is 9.23 Å². The van der Waals surface area contributed by atoms with Crippen LogP contribution in [0, 0.1) is 6.92 Å². The lowest BCUT2D eigenvalue weighted by atomic mass is 10.1. The molecule has 0 spiro atoms. The second kappa shape index (κ2) is 10.3. The van der Waals surface area contributed by atoms with Gasteiger partial charge in [-0.1, -0.05) is 56.5 Å². The molecule has 1 aromatic rings. The predicted octanol–water partition coefficient (Wildman–Crippen LogP) is 4.42. The summed E-state index contributed by atoms with van der Waals surface area (Å²) in [6.45, 7) is 5.65. The Morgan fingerprint density at radius 3 is 2.24 bits per heavy atom. The number of hydrogen-bond donors (Lipinski definition) is 0. The maximum Gasteiger partial charge on any atom is 0.0466 e. The number of hydrogen-bond acceptors (Lipinski definition) is 1. The molecule has 0 saturated heterocycles. The molecular formula is C16H25O. The maximum atomic E-state index is 5.56. The SMILES string of the molecule is [CH2]CCCCOCCCCCc1ccccc1. The van der Waals surface area contributed by atoms with Crippen LogP contribution in [0.2, 0.25) is 0 Å². The van der Waals surface area contributed by atoms with Gasteiger partial charge in [-0.05, 0) is 31.2 Å². The van der Waals surface area contributed by atoms with E-state index in [1.165, 1.54) is 37.7 Å². The molecule has 0 heterocycles. The smallest absolute Gasteiger partial charge is 0.0466 e. The Morgan fingerprint density at radius 1 is 0.824 bits per heavy atom. The fourth-order valence-corrected chi connectivity index (χ4v) is 1.84. The van der Waals surface area contributed by atoms with E-state index in [9.17, 15) is 0 Å². The molecule has 0 N–H and O–H groups in total. The number of unbranched alkanes of at least 4 members (excludes halogenated alkanes) is 4. The summed E-state index contributed by atoms with van der Waals surface area (Å²) in [5, 5.41) is 0. The van der Waals surface area contributed by atoms with Crippen LogP contribution in [0.25, 0.3) is 0 Å². The summed E-state index contributed by atoms with van der Waals surface area (Å²) in [5.41, 5.74) is 1.45. The third kappa shape index (κ3) is 7.98. The summed E-state index contributed by atoms with van der Waals surface area (Å²) in [6, 6.07) is 10.7. The van der Waals surface area contributed by atoms with Crippen molar-refractivity contribution < 1.29 is 4.74 Å². The highest BCUT2D eigenvalue weighted by molar-refractivity contribution is 5.14. The number of benzene rings is 1. The summed E-state index contributed by atoms with van der Waals surface area (Å²) in [6.07, 6.45) is 8.30. The van der Waals surface area contributed by atoms with E-state index in [2.05, 4.69) is 37.3 Å². The third-order valence-electron chi connectivity index (χ3n) is 2.89. The average Bonchev–Trinajstić information content (AvgIpc) is 2.38. The molecule has 1 heteroatoms. The lowest BCUT2D eigenvalue weighted by Gasteiger charge is -2.04. The molecule has 95 valence electrons. The summed E-state index contributed by atoms with van der Waals surface area (Å²) in [4.78, 5) is 0. The fourth-order valence-electron chi connectivity index (χ4n) is 1.84. The van der Waals surface area contributed by atoms with Crippen molar-refractivity contribution in [3.8, 4) is 0 Å². The quantitative estimate of drug-likeness (QED) is 0.544. The molecule has 17 heavy (non-hydrogen) atoms. The van der Waals surface area contributed by atoms with Gasteiger partial charge in [0.1, 0.15) is 0 Å². The lowest BCUT2D eigenvalue weighted by Crippen LogP contribution is -1.97. The molecule has 0 unspecified atom stereocenters. The van der Waals surface area contributed by atoms with Gasteiger partial charge in [-0.25, -0.2) is 0 Å². The molecule has 0 aliphatic rings. The summed E-state index contributed by atoms with van der Waals surface area (Å²) >= 11 is 0. The van der Waals surface area contributed by atoms with Gasteiger partial charge in [0, 0.05) is 13.2 Å². The zero-order valence-electron chi connectivity index (χ0n) is 10.9. The van der Waals surface area contributed by atoms with Crippen LogP contribution >= 0.6 is 0 Å². The molecule has 1 rings (SSSR count). The van der Waals surface area contributed by atoms with Crippen LogP contribution < -0.4 is 0 Å². The van der Waals surface area contributed by atoms with Gasteiger partial charge >= 0.3 is 0 Å². The van der Waals surface area contributed by atoms with E-state index in [1.807, 2.05) is 0 Å². The van der Waals surface area contributed by atoms with Crippen molar-refractivity contribution in [3.63, 3.8) is 0 Å². The summed E-state index contributed by atoms with van der Waals surface area (Å²) < 4.78 is 5.56. The molecule has 1 radical (unpaired) electrons. The van der Waals surface area contributed by atoms with Crippen LogP contribution in [0.3, 0.4) is 0 Å². The molecule has 0 aromatic heterocycles. The first-order valence-electron chi connectivity index (χ1n) is 6.84. The molecular weight excluding hydrogens is 208 g/mol. The van der Waals surface area contributed by atoms with E-state index in [-0.39, 0.29) is 0 Å². The maximum absolute atomic E-state index is 5.56. The normalized spacial score (nSPS) is 10.6. The Hall–Kier alpha value is -0.820. The van der Waals surface area contributed by atoms with Crippen molar-refractivity contribution in [1.29, 1.82) is 0 Å². The zero-order valence-corrected chi connectivity index (χ0v) is 10.9. The van der Waals surface area contributed by atoms with Gasteiger partial charge in [0.2, 0.25) is 0 Å². The highest BCUT2D eigenvalue weighted by atomic mass is 16.5. The minimum absolute atomic E-state index is 0.911. The van der Waals surface area contributed by atoms with Crippen molar-refractivity contribution in [2.75, 3.05) is 13.2 Å². The van der Waals surface area contributed by atoms with Crippen LogP contribution in [0.5, 0.6) is 0 Å². The van der Waals surface area contributed by atoms with Crippen LogP contribution in [0.1, 0.15) is 44.1 Å². The van der Waals surface area contributed by atoms with E-state index < -0.39 is 0 Å². The van der Waals surface area contributed by atoms with Gasteiger partial charge in [0.05, 0.1) is 0 Å². The second-order valence-electron chi connectivity index (χ2n) is 4.47. The number of rotatable bonds is 10. The average molecular weight is 233 g/mol. The molecule has 0 aliphatic heterocycles. The molecule has 0 atom stereocenters. The van der Waals surface area contributed by atoms with Crippen molar-refractivity contribution in [2.24, 2.45) is 0 Å². The van der Waals surface area contributed by atoms with E-state index in [4.69, 9.17) is 4.74 Å². The van der Waals surface area contributed by atoms with Gasteiger partial charge in [0.15, 0.2) is 0 Å². The highest BCUT2D eigenvalue weighted by Crippen LogP contribution is 2.06. The van der Waals surface area contributed by atoms with Gasteiger partial charge in [-0.15, -0.1) is 0 Å². The van der Waals surface area contributed by atoms with Crippen molar-refractivity contribution in [2.45, 2.75) is 44.9 Å². The molecule has 0 amide bonds. The van der Waals surface area contributed by atoms with E-state index in [0.717, 1.165) is 26.1 Å². The minimum Gasteiger partial charge on any atom is -0.381 e. The molecule has 0 saturated carbocycles.